The van der Waals surface area contributed by atoms with Crippen molar-refractivity contribution >= 4 is 11.9 Å². The summed E-state index contributed by atoms with van der Waals surface area (Å²) in [4.78, 5) is 23.5. The molecule has 0 aliphatic rings. The van der Waals surface area contributed by atoms with E-state index in [9.17, 15) is 9.59 Å². The lowest BCUT2D eigenvalue weighted by atomic mass is 10.1. The molecule has 0 fully saturated rings. The van der Waals surface area contributed by atoms with Crippen LogP contribution >= 0.6 is 0 Å². The topological polar surface area (TPSA) is 73.9 Å². The third-order valence-corrected chi connectivity index (χ3v) is 3.74. The highest BCUT2D eigenvalue weighted by molar-refractivity contribution is 5.80. The van der Waals surface area contributed by atoms with E-state index < -0.39 is 5.97 Å². The average molecular weight is 337 g/mol. The highest BCUT2D eigenvalue weighted by atomic mass is 16.5. The maximum absolute atomic E-state index is 11.8. The minimum atomic E-state index is -0.406. The van der Waals surface area contributed by atoms with Gasteiger partial charge >= 0.3 is 5.97 Å². The van der Waals surface area contributed by atoms with Crippen molar-refractivity contribution in [3.8, 4) is 11.5 Å². The number of nitrogens with one attached hydrogen (secondary N) is 1. The van der Waals surface area contributed by atoms with Crippen molar-refractivity contribution in [1.82, 2.24) is 5.32 Å². The summed E-state index contributed by atoms with van der Waals surface area (Å²) in [6.45, 7) is 3.77. The fourth-order valence-corrected chi connectivity index (χ4v) is 2.24. The fraction of sp³-hybridized carbons (Fsp3) is 0.556. The van der Waals surface area contributed by atoms with Gasteiger partial charge in [-0.2, -0.15) is 0 Å². The lowest BCUT2D eigenvalue weighted by molar-refractivity contribution is -0.148. The lowest BCUT2D eigenvalue weighted by Crippen LogP contribution is -2.36. The molecule has 24 heavy (non-hydrogen) atoms. The third-order valence-electron chi connectivity index (χ3n) is 3.74. The normalized spacial score (nSPS) is 10.4. The van der Waals surface area contributed by atoms with Gasteiger partial charge in [0.05, 0.1) is 14.2 Å². The first-order valence-corrected chi connectivity index (χ1v) is 8.19. The summed E-state index contributed by atoms with van der Waals surface area (Å²) in [6.07, 6.45) is 2.39. The molecule has 134 valence electrons. The molecule has 1 N–H and O–H groups in total. The van der Waals surface area contributed by atoms with Gasteiger partial charge in [-0.1, -0.05) is 13.8 Å². The van der Waals surface area contributed by atoms with Crippen LogP contribution in [0.5, 0.6) is 11.5 Å². The molecular formula is C18H27NO5. The van der Waals surface area contributed by atoms with E-state index in [-0.39, 0.29) is 25.0 Å². The molecule has 0 saturated heterocycles. The molecule has 1 rings (SSSR count). The minimum absolute atomic E-state index is 0.125. The summed E-state index contributed by atoms with van der Waals surface area (Å²) in [5, 5.41) is 2.83. The molecule has 0 atom stereocenters. The Bertz CT molecular complexity index is 518. The number of hydrogen-bond acceptors (Lipinski definition) is 5. The molecule has 0 aliphatic heterocycles. The van der Waals surface area contributed by atoms with E-state index in [0.717, 1.165) is 18.4 Å². The van der Waals surface area contributed by atoms with Crippen molar-refractivity contribution in [2.75, 3.05) is 20.8 Å². The third kappa shape index (κ3) is 6.89. The fourth-order valence-electron chi connectivity index (χ4n) is 2.24. The second-order valence-corrected chi connectivity index (χ2v) is 5.46. The molecule has 0 spiro atoms. The molecule has 0 radical (unpaired) electrons. The van der Waals surface area contributed by atoms with Gasteiger partial charge in [-0.3, -0.25) is 9.59 Å². The first-order chi connectivity index (χ1) is 11.5. The van der Waals surface area contributed by atoms with Crippen LogP contribution in [-0.2, 0) is 20.7 Å². The van der Waals surface area contributed by atoms with E-state index in [4.69, 9.17) is 14.2 Å². The van der Waals surface area contributed by atoms with Crippen molar-refractivity contribution in [2.45, 2.75) is 45.6 Å². The number of ether oxygens (including phenoxy) is 3. The van der Waals surface area contributed by atoms with Crippen LogP contribution < -0.4 is 14.8 Å². The molecule has 0 unspecified atom stereocenters. The predicted octanol–water partition coefficient (Wildman–Crippen LogP) is 2.48. The second kappa shape index (κ2) is 10.5. The first-order valence-electron chi connectivity index (χ1n) is 8.19. The number of benzene rings is 1. The number of hydrogen-bond donors (Lipinski definition) is 1. The van der Waals surface area contributed by atoms with Gasteiger partial charge in [0.15, 0.2) is 6.61 Å². The number of amides is 1. The Hall–Kier alpha value is -2.24. The van der Waals surface area contributed by atoms with Crippen LogP contribution in [0.25, 0.3) is 0 Å². The van der Waals surface area contributed by atoms with Crippen LogP contribution in [0.15, 0.2) is 18.2 Å². The maximum Gasteiger partial charge on any atom is 0.306 e. The Morgan fingerprint density at radius 3 is 2.12 bits per heavy atom. The van der Waals surface area contributed by atoms with Gasteiger partial charge in [0, 0.05) is 18.5 Å². The van der Waals surface area contributed by atoms with Gasteiger partial charge < -0.3 is 19.5 Å². The molecule has 0 bridgehead atoms. The number of esters is 1. The number of methoxy groups -OCH3 is 2. The van der Waals surface area contributed by atoms with Crippen LogP contribution in [0.4, 0.5) is 0 Å². The van der Waals surface area contributed by atoms with Gasteiger partial charge in [0.2, 0.25) is 0 Å². The van der Waals surface area contributed by atoms with Crippen LogP contribution in [0, 0.1) is 0 Å². The summed E-state index contributed by atoms with van der Waals surface area (Å²) in [6, 6.07) is 5.58. The van der Waals surface area contributed by atoms with E-state index in [1.807, 2.05) is 26.0 Å². The molecule has 6 heteroatoms. The molecule has 0 aromatic heterocycles. The minimum Gasteiger partial charge on any atom is -0.497 e. The SMILES string of the molecule is CCC(CC)NC(=O)COC(=O)CCc1cc(OC)cc(OC)c1. The molecule has 0 aliphatic carbocycles. The molecule has 1 amide bonds. The first kappa shape index (κ1) is 19.8. The Balaban J connectivity index is 2.42. The van der Waals surface area contributed by atoms with Crippen molar-refractivity contribution in [2.24, 2.45) is 0 Å². The van der Waals surface area contributed by atoms with Crippen molar-refractivity contribution < 1.29 is 23.8 Å². The average Bonchev–Trinajstić information content (AvgIpc) is 2.62. The van der Waals surface area contributed by atoms with Crippen molar-refractivity contribution in [3.05, 3.63) is 23.8 Å². The summed E-state index contributed by atoms with van der Waals surface area (Å²) in [5.41, 5.74) is 0.907. The molecule has 1 aromatic carbocycles. The number of carbonyl (C=O) groups excluding carboxylic acids is 2. The number of carbonyl (C=O) groups is 2. The van der Waals surface area contributed by atoms with Gasteiger partial charge in [-0.05, 0) is 37.0 Å². The maximum atomic E-state index is 11.8. The summed E-state index contributed by atoms with van der Waals surface area (Å²) in [7, 11) is 3.15. The van der Waals surface area contributed by atoms with E-state index in [1.165, 1.54) is 0 Å². The Labute approximate surface area is 143 Å². The van der Waals surface area contributed by atoms with Crippen LogP contribution in [0.1, 0.15) is 38.7 Å². The van der Waals surface area contributed by atoms with Gasteiger partial charge in [0.25, 0.3) is 5.91 Å². The molecular weight excluding hydrogens is 310 g/mol. The monoisotopic (exact) mass is 337 g/mol. The number of rotatable bonds is 10. The largest absolute Gasteiger partial charge is 0.497 e. The van der Waals surface area contributed by atoms with Crippen LogP contribution in [-0.4, -0.2) is 38.7 Å². The Morgan fingerprint density at radius 2 is 1.62 bits per heavy atom. The molecule has 6 nitrogen and oxygen atoms in total. The number of aryl methyl sites for hydroxylation is 1. The Morgan fingerprint density at radius 1 is 1.04 bits per heavy atom. The van der Waals surface area contributed by atoms with Crippen LogP contribution in [0.2, 0.25) is 0 Å². The van der Waals surface area contributed by atoms with E-state index >= 15 is 0 Å². The zero-order valence-corrected chi connectivity index (χ0v) is 14.9. The van der Waals surface area contributed by atoms with Gasteiger partial charge in [-0.25, -0.2) is 0 Å². The lowest BCUT2D eigenvalue weighted by Gasteiger charge is -2.14. The zero-order valence-electron chi connectivity index (χ0n) is 14.9. The van der Waals surface area contributed by atoms with E-state index in [0.29, 0.717) is 17.9 Å². The van der Waals surface area contributed by atoms with Gasteiger partial charge in [-0.15, -0.1) is 0 Å². The predicted molar refractivity (Wildman–Crippen MR) is 91.3 cm³/mol. The summed E-state index contributed by atoms with van der Waals surface area (Å²) in [5.74, 6) is 0.668. The summed E-state index contributed by atoms with van der Waals surface area (Å²) < 4.78 is 15.4. The van der Waals surface area contributed by atoms with Crippen molar-refractivity contribution in [3.63, 3.8) is 0 Å². The van der Waals surface area contributed by atoms with E-state index in [1.54, 1.807) is 20.3 Å². The zero-order chi connectivity index (χ0) is 17.9. The smallest absolute Gasteiger partial charge is 0.306 e. The molecule has 1 aromatic rings. The Kier molecular flexibility index (Phi) is 8.68. The van der Waals surface area contributed by atoms with E-state index in [2.05, 4.69) is 5.32 Å². The molecule has 0 saturated carbocycles. The van der Waals surface area contributed by atoms with Gasteiger partial charge in [0.1, 0.15) is 11.5 Å². The van der Waals surface area contributed by atoms with Crippen LogP contribution in [0.3, 0.4) is 0 Å². The highest BCUT2D eigenvalue weighted by Gasteiger charge is 2.12. The highest BCUT2D eigenvalue weighted by Crippen LogP contribution is 2.23. The van der Waals surface area contributed by atoms with Crippen molar-refractivity contribution in [1.29, 1.82) is 0 Å². The quantitative estimate of drug-likeness (QED) is 0.664. The standard InChI is InChI=1S/C18H27NO5/c1-5-14(6-2)19-17(20)12-24-18(21)8-7-13-9-15(22-3)11-16(10-13)23-4/h9-11,14H,5-8,12H2,1-4H3,(H,19,20). The molecule has 0 heterocycles. The summed E-state index contributed by atoms with van der Waals surface area (Å²) >= 11 is 0. The second-order valence-electron chi connectivity index (χ2n) is 5.46.